The van der Waals surface area contributed by atoms with E-state index in [2.05, 4.69) is 0 Å². The molecule has 1 heterocycles. The summed E-state index contributed by atoms with van der Waals surface area (Å²) < 4.78 is 15.8. The van der Waals surface area contributed by atoms with Crippen molar-refractivity contribution >= 4 is 0 Å². The SMILES string of the molecule is CCOCC1(COCC)CO1. The molecular formula is C8H16O3. The molecule has 0 radical (unpaired) electrons. The normalized spacial score (nSPS) is 20.2. The topological polar surface area (TPSA) is 31.0 Å². The zero-order valence-corrected chi connectivity index (χ0v) is 7.26. The van der Waals surface area contributed by atoms with E-state index in [1.165, 1.54) is 0 Å². The minimum atomic E-state index is -0.0913. The van der Waals surface area contributed by atoms with Gasteiger partial charge in [0.1, 0.15) is 5.60 Å². The van der Waals surface area contributed by atoms with Crippen LogP contribution in [-0.2, 0) is 14.2 Å². The first-order valence-corrected chi connectivity index (χ1v) is 4.12. The smallest absolute Gasteiger partial charge is 0.138 e. The molecule has 0 N–H and O–H groups in total. The summed E-state index contributed by atoms with van der Waals surface area (Å²) in [7, 11) is 0. The third-order valence-electron chi connectivity index (χ3n) is 1.69. The summed E-state index contributed by atoms with van der Waals surface area (Å²) in [4.78, 5) is 0. The second-order valence-corrected chi connectivity index (χ2v) is 2.75. The van der Waals surface area contributed by atoms with Crippen molar-refractivity contribution in [3.8, 4) is 0 Å². The molecule has 1 rings (SSSR count). The summed E-state index contributed by atoms with van der Waals surface area (Å²) in [6.07, 6.45) is 0. The molecule has 0 aromatic carbocycles. The van der Waals surface area contributed by atoms with E-state index in [0.29, 0.717) is 13.2 Å². The number of epoxide rings is 1. The van der Waals surface area contributed by atoms with Gasteiger partial charge in [-0.05, 0) is 13.8 Å². The average molecular weight is 160 g/mol. The Hall–Kier alpha value is -0.120. The fourth-order valence-corrected chi connectivity index (χ4v) is 0.887. The standard InChI is InChI=1S/C8H16O3/c1-3-9-5-8(7-11-8)6-10-4-2/h3-7H2,1-2H3. The zero-order valence-electron chi connectivity index (χ0n) is 7.26. The van der Waals surface area contributed by atoms with Crippen molar-refractivity contribution in [2.24, 2.45) is 0 Å². The predicted octanol–water partition coefficient (Wildman–Crippen LogP) is 0.828. The number of hydrogen-bond acceptors (Lipinski definition) is 3. The highest BCUT2D eigenvalue weighted by Crippen LogP contribution is 2.27. The first-order valence-electron chi connectivity index (χ1n) is 4.12. The molecule has 0 amide bonds. The molecule has 66 valence electrons. The van der Waals surface area contributed by atoms with Gasteiger partial charge in [0, 0.05) is 13.2 Å². The van der Waals surface area contributed by atoms with Crippen molar-refractivity contribution in [2.45, 2.75) is 19.4 Å². The van der Waals surface area contributed by atoms with Crippen LogP contribution < -0.4 is 0 Å². The molecule has 3 nitrogen and oxygen atoms in total. The fraction of sp³-hybridized carbons (Fsp3) is 1.00. The maximum absolute atomic E-state index is 5.25. The Kier molecular flexibility index (Phi) is 3.30. The van der Waals surface area contributed by atoms with Crippen LogP contribution in [0.4, 0.5) is 0 Å². The summed E-state index contributed by atoms with van der Waals surface area (Å²) in [5.74, 6) is 0. The Morgan fingerprint density at radius 3 is 1.91 bits per heavy atom. The quantitative estimate of drug-likeness (QED) is 0.539. The largest absolute Gasteiger partial charge is 0.379 e. The van der Waals surface area contributed by atoms with E-state index in [-0.39, 0.29) is 5.60 Å². The molecule has 0 atom stereocenters. The lowest BCUT2D eigenvalue weighted by atomic mass is 10.2. The molecule has 1 fully saturated rings. The van der Waals surface area contributed by atoms with Crippen LogP contribution in [0.15, 0.2) is 0 Å². The molecule has 1 saturated heterocycles. The third-order valence-corrected chi connectivity index (χ3v) is 1.69. The highest BCUT2D eigenvalue weighted by Gasteiger charge is 2.45. The van der Waals surface area contributed by atoms with Crippen molar-refractivity contribution in [3.63, 3.8) is 0 Å². The van der Waals surface area contributed by atoms with E-state index in [4.69, 9.17) is 14.2 Å². The Balaban J connectivity index is 2.08. The Morgan fingerprint density at radius 2 is 1.64 bits per heavy atom. The molecule has 0 saturated carbocycles. The van der Waals surface area contributed by atoms with E-state index in [1.54, 1.807) is 0 Å². The highest BCUT2D eigenvalue weighted by atomic mass is 16.6. The van der Waals surface area contributed by atoms with Crippen molar-refractivity contribution in [2.75, 3.05) is 33.0 Å². The average Bonchev–Trinajstić information content (AvgIpc) is 2.79. The molecule has 0 bridgehead atoms. The molecule has 0 aromatic rings. The van der Waals surface area contributed by atoms with Gasteiger partial charge in [-0.2, -0.15) is 0 Å². The predicted molar refractivity (Wildman–Crippen MR) is 41.7 cm³/mol. The van der Waals surface area contributed by atoms with E-state index >= 15 is 0 Å². The molecule has 0 unspecified atom stereocenters. The molecule has 0 aliphatic carbocycles. The maximum atomic E-state index is 5.25. The Morgan fingerprint density at radius 1 is 1.18 bits per heavy atom. The van der Waals surface area contributed by atoms with Gasteiger partial charge in [-0.3, -0.25) is 0 Å². The van der Waals surface area contributed by atoms with Crippen molar-refractivity contribution in [1.82, 2.24) is 0 Å². The second kappa shape index (κ2) is 4.04. The molecular weight excluding hydrogens is 144 g/mol. The summed E-state index contributed by atoms with van der Waals surface area (Å²) >= 11 is 0. The molecule has 11 heavy (non-hydrogen) atoms. The van der Waals surface area contributed by atoms with Gasteiger partial charge in [0.05, 0.1) is 19.8 Å². The molecule has 1 aliphatic heterocycles. The molecule has 1 aliphatic rings. The number of rotatable bonds is 6. The Labute approximate surface area is 67.6 Å². The van der Waals surface area contributed by atoms with Crippen LogP contribution in [0.5, 0.6) is 0 Å². The first-order chi connectivity index (χ1) is 5.33. The second-order valence-electron chi connectivity index (χ2n) is 2.75. The van der Waals surface area contributed by atoms with Gasteiger partial charge < -0.3 is 14.2 Å². The Bertz CT molecular complexity index is 99.9. The van der Waals surface area contributed by atoms with Gasteiger partial charge in [0.25, 0.3) is 0 Å². The lowest BCUT2D eigenvalue weighted by molar-refractivity contribution is 0.0266. The van der Waals surface area contributed by atoms with Gasteiger partial charge in [-0.25, -0.2) is 0 Å². The zero-order chi connectivity index (χ0) is 8.16. The van der Waals surface area contributed by atoms with E-state index in [1.807, 2.05) is 13.8 Å². The number of hydrogen-bond donors (Lipinski definition) is 0. The lowest BCUT2D eigenvalue weighted by Gasteiger charge is -2.10. The van der Waals surface area contributed by atoms with E-state index < -0.39 is 0 Å². The van der Waals surface area contributed by atoms with Crippen LogP contribution in [0.3, 0.4) is 0 Å². The maximum Gasteiger partial charge on any atom is 0.138 e. The molecule has 0 aromatic heterocycles. The number of ether oxygens (including phenoxy) is 3. The van der Waals surface area contributed by atoms with Gasteiger partial charge in [0.2, 0.25) is 0 Å². The van der Waals surface area contributed by atoms with E-state index in [9.17, 15) is 0 Å². The van der Waals surface area contributed by atoms with E-state index in [0.717, 1.165) is 19.8 Å². The van der Waals surface area contributed by atoms with Crippen LogP contribution in [0.25, 0.3) is 0 Å². The van der Waals surface area contributed by atoms with Crippen LogP contribution in [0, 0.1) is 0 Å². The fourth-order valence-electron chi connectivity index (χ4n) is 0.887. The van der Waals surface area contributed by atoms with Crippen LogP contribution in [-0.4, -0.2) is 38.6 Å². The van der Waals surface area contributed by atoms with Crippen LogP contribution in [0.2, 0.25) is 0 Å². The first kappa shape index (κ1) is 8.97. The van der Waals surface area contributed by atoms with Gasteiger partial charge in [-0.15, -0.1) is 0 Å². The summed E-state index contributed by atoms with van der Waals surface area (Å²) in [5.41, 5.74) is -0.0913. The highest BCUT2D eigenvalue weighted by molar-refractivity contribution is 4.91. The summed E-state index contributed by atoms with van der Waals surface area (Å²) in [5, 5.41) is 0. The molecule has 0 spiro atoms. The minimum Gasteiger partial charge on any atom is -0.379 e. The third kappa shape index (κ3) is 2.77. The van der Waals surface area contributed by atoms with Crippen LogP contribution in [0.1, 0.15) is 13.8 Å². The van der Waals surface area contributed by atoms with Crippen LogP contribution >= 0.6 is 0 Å². The minimum absolute atomic E-state index is 0.0913. The van der Waals surface area contributed by atoms with Crippen molar-refractivity contribution in [3.05, 3.63) is 0 Å². The summed E-state index contributed by atoms with van der Waals surface area (Å²) in [6, 6.07) is 0. The van der Waals surface area contributed by atoms with Gasteiger partial charge in [-0.1, -0.05) is 0 Å². The monoisotopic (exact) mass is 160 g/mol. The van der Waals surface area contributed by atoms with Gasteiger partial charge in [0.15, 0.2) is 0 Å². The van der Waals surface area contributed by atoms with Crippen molar-refractivity contribution in [1.29, 1.82) is 0 Å². The molecule has 3 heteroatoms. The van der Waals surface area contributed by atoms with Crippen molar-refractivity contribution < 1.29 is 14.2 Å². The van der Waals surface area contributed by atoms with Gasteiger partial charge >= 0.3 is 0 Å². The summed E-state index contributed by atoms with van der Waals surface area (Å²) in [6.45, 7) is 7.59. The lowest BCUT2D eigenvalue weighted by Crippen LogP contribution is -2.26.